The fraction of sp³-hybridized carbons (Fsp3) is 1.00. The summed E-state index contributed by atoms with van der Waals surface area (Å²) in [4.78, 5) is 0. The van der Waals surface area contributed by atoms with Crippen molar-refractivity contribution in [1.82, 2.24) is 5.32 Å². The summed E-state index contributed by atoms with van der Waals surface area (Å²) in [5.74, 6) is 2.12. The van der Waals surface area contributed by atoms with Crippen LogP contribution in [0.3, 0.4) is 0 Å². The van der Waals surface area contributed by atoms with Crippen molar-refractivity contribution < 1.29 is 0 Å². The van der Waals surface area contributed by atoms with Gasteiger partial charge in [-0.15, -0.1) is 0 Å². The van der Waals surface area contributed by atoms with Gasteiger partial charge in [-0.3, -0.25) is 0 Å². The first-order valence-corrected chi connectivity index (χ1v) is 10.1. The molecule has 2 rings (SSSR count). The molecule has 0 radical (unpaired) electrons. The first-order valence-electron chi connectivity index (χ1n) is 10.1. The number of nitrogens with one attached hydrogen (secondary N) is 1. The zero-order valence-corrected chi connectivity index (χ0v) is 14.5. The minimum atomic E-state index is 0.854. The van der Waals surface area contributed by atoms with E-state index in [1.54, 1.807) is 0 Å². The second kappa shape index (κ2) is 10.6. The topological polar surface area (TPSA) is 12.0 Å². The zero-order valence-electron chi connectivity index (χ0n) is 14.5. The Balaban J connectivity index is 1.53. The van der Waals surface area contributed by atoms with E-state index in [-0.39, 0.29) is 0 Å². The fourth-order valence-electron chi connectivity index (χ4n) is 4.66. The minimum absolute atomic E-state index is 0.854. The Morgan fingerprint density at radius 3 is 2.19 bits per heavy atom. The van der Waals surface area contributed by atoms with E-state index in [2.05, 4.69) is 12.2 Å². The quantitative estimate of drug-likeness (QED) is 0.482. The fourth-order valence-corrected chi connectivity index (χ4v) is 4.66. The summed E-state index contributed by atoms with van der Waals surface area (Å²) < 4.78 is 0. The van der Waals surface area contributed by atoms with Crippen molar-refractivity contribution >= 4 is 0 Å². The lowest BCUT2D eigenvalue weighted by molar-refractivity contribution is 0.308. The van der Waals surface area contributed by atoms with E-state index in [0.717, 1.165) is 17.9 Å². The second-order valence-corrected chi connectivity index (χ2v) is 7.73. The van der Waals surface area contributed by atoms with Crippen LogP contribution in [0, 0.1) is 11.8 Å². The Hall–Kier alpha value is -0.0400. The molecule has 2 saturated carbocycles. The average Bonchev–Trinajstić information content (AvgIpc) is 2.96. The Labute approximate surface area is 133 Å². The maximum atomic E-state index is 3.85. The van der Waals surface area contributed by atoms with E-state index in [1.165, 1.54) is 103 Å². The molecular weight excluding hydrogens is 254 g/mol. The minimum Gasteiger partial charge on any atom is -0.314 e. The highest BCUT2D eigenvalue weighted by molar-refractivity contribution is 4.79. The molecule has 1 heteroatoms. The summed E-state index contributed by atoms with van der Waals surface area (Å²) in [6.45, 7) is 3.61. The number of hydrogen-bond donors (Lipinski definition) is 1. The standard InChI is InChI=1S/C20H39N/c1-2-3-4-5-7-11-18-12-10-13-19(18)16-17-21-20-14-8-6-9-15-20/h18-21H,2-17H2,1H3/t18-,19-/m1/s1. The molecule has 124 valence electrons. The summed E-state index contributed by atoms with van der Waals surface area (Å²) in [6.07, 6.45) is 22.1. The molecule has 2 aliphatic carbocycles. The van der Waals surface area contributed by atoms with Gasteiger partial charge in [0, 0.05) is 6.04 Å². The molecule has 2 fully saturated rings. The number of unbranched alkanes of at least 4 members (excludes halogenated alkanes) is 4. The third kappa shape index (κ3) is 6.72. The van der Waals surface area contributed by atoms with Crippen molar-refractivity contribution in [3.8, 4) is 0 Å². The smallest absolute Gasteiger partial charge is 0.00670 e. The van der Waals surface area contributed by atoms with Crippen LogP contribution in [0.5, 0.6) is 0 Å². The van der Waals surface area contributed by atoms with Gasteiger partial charge in [0.1, 0.15) is 0 Å². The van der Waals surface area contributed by atoms with Crippen molar-refractivity contribution in [1.29, 1.82) is 0 Å². The monoisotopic (exact) mass is 293 g/mol. The molecule has 0 spiro atoms. The maximum absolute atomic E-state index is 3.85. The first-order chi connectivity index (χ1) is 10.4. The van der Waals surface area contributed by atoms with Crippen LogP contribution in [0.15, 0.2) is 0 Å². The third-order valence-electron chi connectivity index (χ3n) is 6.05. The van der Waals surface area contributed by atoms with Crippen LogP contribution in [0.1, 0.15) is 103 Å². The van der Waals surface area contributed by atoms with E-state index in [0.29, 0.717) is 0 Å². The van der Waals surface area contributed by atoms with Gasteiger partial charge in [0.15, 0.2) is 0 Å². The molecule has 2 atom stereocenters. The van der Waals surface area contributed by atoms with Crippen LogP contribution in [0.2, 0.25) is 0 Å². The SMILES string of the molecule is CCCCCCC[C@@H]1CCC[C@@H]1CCNC1CCCCC1. The normalized spacial score (nSPS) is 27.3. The van der Waals surface area contributed by atoms with Crippen molar-refractivity contribution in [2.24, 2.45) is 11.8 Å². The average molecular weight is 294 g/mol. The first kappa shape index (κ1) is 17.3. The van der Waals surface area contributed by atoms with Crippen molar-refractivity contribution in [3.05, 3.63) is 0 Å². The van der Waals surface area contributed by atoms with Gasteiger partial charge < -0.3 is 5.32 Å². The Kier molecular flexibility index (Phi) is 8.78. The van der Waals surface area contributed by atoms with Crippen molar-refractivity contribution in [2.75, 3.05) is 6.54 Å². The highest BCUT2D eigenvalue weighted by Crippen LogP contribution is 2.37. The molecule has 0 aromatic carbocycles. The number of hydrogen-bond acceptors (Lipinski definition) is 1. The molecule has 0 heterocycles. The van der Waals surface area contributed by atoms with Gasteiger partial charge in [-0.25, -0.2) is 0 Å². The summed E-state index contributed by atoms with van der Waals surface area (Å²) in [6, 6.07) is 0.854. The lowest BCUT2D eigenvalue weighted by atomic mass is 9.88. The van der Waals surface area contributed by atoms with E-state index in [1.807, 2.05) is 0 Å². The Bertz CT molecular complexity index is 244. The molecule has 21 heavy (non-hydrogen) atoms. The van der Waals surface area contributed by atoms with Gasteiger partial charge in [-0.05, 0) is 37.6 Å². The van der Waals surface area contributed by atoms with Gasteiger partial charge in [0.05, 0.1) is 0 Å². The van der Waals surface area contributed by atoms with Crippen LogP contribution < -0.4 is 5.32 Å². The molecular formula is C20H39N. The van der Waals surface area contributed by atoms with Crippen molar-refractivity contribution in [3.63, 3.8) is 0 Å². The molecule has 0 aliphatic heterocycles. The van der Waals surface area contributed by atoms with Crippen LogP contribution in [0.4, 0.5) is 0 Å². The molecule has 0 bridgehead atoms. The predicted octanol–water partition coefficient (Wildman–Crippen LogP) is 6.08. The van der Waals surface area contributed by atoms with Crippen LogP contribution in [-0.4, -0.2) is 12.6 Å². The summed E-state index contributed by atoms with van der Waals surface area (Å²) in [5.41, 5.74) is 0. The van der Waals surface area contributed by atoms with Crippen molar-refractivity contribution in [2.45, 2.75) is 109 Å². The maximum Gasteiger partial charge on any atom is 0.00670 e. The highest BCUT2D eigenvalue weighted by Gasteiger charge is 2.26. The molecule has 0 amide bonds. The lowest BCUT2D eigenvalue weighted by Crippen LogP contribution is -2.32. The predicted molar refractivity (Wildman–Crippen MR) is 93.7 cm³/mol. The van der Waals surface area contributed by atoms with Gasteiger partial charge in [-0.1, -0.05) is 84.0 Å². The molecule has 0 unspecified atom stereocenters. The van der Waals surface area contributed by atoms with E-state index in [9.17, 15) is 0 Å². The third-order valence-corrected chi connectivity index (χ3v) is 6.05. The molecule has 2 aliphatic rings. The van der Waals surface area contributed by atoms with Crippen LogP contribution >= 0.6 is 0 Å². The molecule has 1 nitrogen and oxygen atoms in total. The van der Waals surface area contributed by atoms with Gasteiger partial charge >= 0.3 is 0 Å². The molecule has 1 N–H and O–H groups in total. The molecule has 0 aromatic rings. The van der Waals surface area contributed by atoms with E-state index in [4.69, 9.17) is 0 Å². The summed E-state index contributed by atoms with van der Waals surface area (Å²) >= 11 is 0. The summed E-state index contributed by atoms with van der Waals surface area (Å²) in [7, 11) is 0. The highest BCUT2D eigenvalue weighted by atomic mass is 14.9. The Morgan fingerprint density at radius 2 is 1.43 bits per heavy atom. The Morgan fingerprint density at radius 1 is 0.714 bits per heavy atom. The van der Waals surface area contributed by atoms with E-state index >= 15 is 0 Å². The number of rotatable bonds is 10. The van der Waals surface area contributed by atoms with Gasteiger partial charge in [0.25, 0.3) is 0 Å². The van der Waals surface area contributed by atoms with Crippen LogP contribution in [0.25, 0.3) is 0 Å². The molecule has 0 saturated heterocycles. The van der Waals surface area contributed by atoms with Gasteiger partial charge in [0.2, 0.25) is 0 Å². The zero-order chi connectivity index (χ0) is 14.8. The largest absolute Gasteiger partial charge is 0.314 e. The second-order valence-electron chi connectivity index (χ2n) is 7.73. The van der Waals surface area contributed by atoms with Gasteiger partial charge in [-0.2, -0.15) is 0 Å². The van der Waals surface area contributed by atoms with Crippen LogP contribution in [-0.2, 0) is 0 Å². The van der Waals surface area contributed by atoms with E-state index < -0.39 is 0 Å². The summed E-state index contributed by atoms with van der Waals surface area (Å²) in [5, 5.41) is 3.85. The molecule has 0 aromatic heterocycles. The lowest BCUT2D eigenvalue weighted by Gasteiger charge is -2.25.